The predicted molar refractivity (Wildman–Crippen MR) is 69.5 cm³/mol. The molecular formula is C14H17NO4. The van der Waals surface area contributed by atoms with Gasteiger partial charge in [0.05, 0.1) is 13.2 Å². The number of methoxy groups -OCH3 is 1. The molecule has 1 aromatic rings. The Balaban J connectivity index is 2.06. The van der Waals surface area contributed by atoms with Gasteiger partial charge >= 0.3 is 0 Å². The van der Waals surface area contributed by atoms with Gasteiger partial charge in [-0.2, -0.15) is 0 Å². The van der Waals surface area contributed by atoms with Crippen LogP contribution in [0.5, 0.6) is 5.75 Å². The number of hydrogen-bond acceptors (Lipinski definition) is 4. The van der Waals surface area contributed by atoms with E-state index in [0.29, 0.717) is 13.2 Å². The first-order valence-electron chi connectivity index (χ1n) is 6.10. The monoisotopic (exact) mass is 263 g/mol. The molecule has 1 unspecified atom stereocenters. The van der Waals surface area contributed by atoms with Crippen molar-refractivity contribution in [1.82, 2.24) is 5.32 Å². The Kier molecular flexibility index (Phi) is 4.28. The van der Waals surface area contributed by atoms with Crippen LogP contribution in [0.4, 0.5) is 0 Å². The zero-order valence-corrected chi connectivity index (χ0v) is 11.0. The minimum absolute atomic E-state index is 0.185. The summed E-state index contributed by atoms with van der Waals surface area (Å²) in [4.78, 5) is 12.0. The molecule has 1 atom stereocenters. The molecule has 1 aliphatic rings. The van der Waals surface area contributed by atoms with E-state index < -0.39 is 0 Å². The molecule has 0 saturated carbocycles. The second kappa shape index (κ2) is 6.13. The molecule has 5 nitrogen and oxygen atoms in total. The molecule has 0 aromatic heterocycles. The van der Waals surface area contributed by atoms with Gasteiger partial charge in [-0.1, -0.05) is 18.2 Å². The molecule has 0 spiro atoms. The highest BCUT2D eigenvalue weighted by Crippen LogP contribution is 2.24. The smallest absolute Gasteiger partial charge is 0.290 e. The normalized spacial score (nSPS) is 15.6. The summed E-state index contributed by atoms with van der Waals surface area (Å²) in [5, 5.41) is 2.85. The van der Waals surface area contributed by atoms with Gasteiger partial charge < -0.3 is 19.5 Å². The van der Waals surface area contributed by atoms with Crippen LogP contribution in [0.15, 0.2) is 36.3 Å². The minimum atomic E-state index is -0.293. The SMILES string of the molecule is COc1ccccc1C(C)NC(=O)C1=COCCO1. The molecule has 102 valence electrons. The molecule has 0 bridgehead atoms. The van der Waals surface area contributed by atoms with E-state index in [4.69, 9.17) is 14.2 Å². The van der Waals surface area contributed by atoms with Gasteiger partial charge in [-0.25, -0.2) is 0 Å². The van der Waals surface area contributed by atoms with Gasteiger partial charge in [0.25, 0.3) is 5.91 Å². The molecule has 0 radical (unpaired) electrons. The zero-order valence-electron chi connectivity index (χ0n) is 11.0. The van der Waals surface area contributed by atoms with Crippen LogP contribution in [0, 0.1) is 0 Å². The Labute approximate surface area is 112 Å². The van der Waals surface area contributed by atoms with Crippen LogP contribution in [0.3, 0.4) is 0 Å². The van der Waals surface area contributed by atoms with Crippen LogP contribution in [0.1, 0.15) is 18.5 Å². The number of carbonyl (C=O) groups is 1. The van der Waals surface area contributed by atoms with Crippen LogP contribution < -0.4 is 10.1 Å². The highest BCUT2D eigenvalue weighted by atomic mass is 16.6. The van der Waals surface area contributed by atoms with Crippen molar-refractivity contribution < 1.29 is 19.0 Å². The van der Waals surface area contributed by atoms with Crippen molar-refractivity contribution in [2.24, 2.45) is 0 Å². The molecule has 2 rings (SSSR count). The quantitative estimate of drug-likeness (QED) is 0.899. The first kappa shape index (κ1) is 13.3. The summed E-state index contributed by atoms with van der Waals surface area (Å²) in [5.74, 6) is 0.649. The first-order chi connectivity index (χ1) is 9.22. The number of amides is 1. The maximum atomic E-state index is 12.0. The van der Waals surface area contributed by atoms with Crippen molar-refractivity contribution in [3.8, 4) is 5.75 Å². The zero-order chi connectivity index (χ0) is 13.7. The summed E-state index contributed by atoms with van der Waals surface area (Å²) >= 11 is 0. The van der Waals surface area contributed by atoms with Crippen LogP contribution in [-0.4, -0.2) is 26.2 Å². The Morgan fingerprint density at radius 3 is 2.84 bits per heavy atom. The fourth-order valence-electron chi connectivity index (χ4n) is 1.86. The summed E-state index contributed by atoms with van der Waals surface area (Å²) in [5.41, 5.74) is 0.913. The number of hydrogen-bond donors (Lipinski definition) is 1. The van der Waals surface area contributed by atoms with Crippen molar-refractivity contribution in [3.63, 3.8) is 0 Å². The molecule has 1 amide bonds. The number of ether oxygens (including phenoxy) is 3. The van der Waals surface area contributed by atoms with E-state index in [0.717, 1.165) is 11.3 Å². The van der Waals surface area contributed by atoms with Gasteiger partial charge in [0.1, 0.15) is 25.2 Å². The van der Waals surface area contributed by atoms with Gasteiger partial charge in [-0.3, -0.25) is 4.79 Å². The second-order valence-electron chi connectivity index (χ2n) is 4.14. The molecule has 1 heterocycles. The maximum absolute atomic E-state index is 12.0. The van der Waals surface area contributed by atoms with Crippen LogP contribution >= 0.6 is 0 Å². The number of carbonyl (C=O) groups excluding carboxylic acids is 1. The van der Waals surface area contributed by atoms with Crippen LogP contribution in [-0.2, 0) is 14.3 Å². The van der Waals surface area contributed by atoms with Crippen molar-refractivity contribution >= 4 is 5.91 Å². The highest BCUT2D eigenvalue weighted by Gasteiger charge is 2.19. The fourth-order valence-corrected chi connectivity index (χ4v) is 1.86. The number of para-hydroxylation sites is 1. The van der Waals surface area contributed by atoms with E-state index in [1.54, 1.807) is 7.11 Å². The lowest BCUT2D eigenvalue weighted by Gasteiger charge is -2.19. The molecule has 5 heteroatoms. The third-order valence-electron chi connectivity index (χ3n) is 2.83. The Morgan fingerprint density at radius 1 is 1.37 bits per heavy atom. The second-order valence-corrected chi connectivity index (χ2v) is 4.14. The predicted octanol–water partition coefficient (Wildman–Crippen LogP) is 1.76. The van der Waals surface area contributed by atoms with Gasteiger partial charge in [0, 0.05) is 5.56 Å². The minimum Gasteiger partial charge on any atom is -0.496 e. The van der Waals surface area contributed by atoms with E-state index >= 15 is 0 Å². The van der Waals surface area contributed by atoms with Crippen molar-refractivity contribution in [1.29, 1.82) is 0 Å². The van der Waals surface area contributed by atoms with Gasteiger partial charge in [-0.05, 0) is 13.0 Å². The van der Waals surface area contributed by atoms with E-state index in [2.05, 4.69) is 5.32 Å². The van der Waals surface area contributed by atoms with Gasteiger partial charge in [-0.15, -0.1) is 0 Å². The van der Waals surface area contributed by atoms with Crippen molar-refractivity contribution in [3.05, 3.63) is 41.9 Å². The average molecular weight is 263 g/mol. The van der Waals surface area contributed by atoms with E-state index in [9.17, 15) is 4.79 Å². The molecule has 0 fully saturated rings. The molecular weight excluding hydrogens is 246 g/mol. The first-order valence-corrected chi connectivity index (χ1v) is 6.10. The third-order valence-corrected chi connectivity index (χ3v) is 2.83. The lowest BCUT2D eigenvalue weighted by molar-refractivity contribution is -0.122. The summed E-state index contributed by atoms with van der Waals surface area (Å²) in [6, 6.07) is 7.38. The summed E-state index contributed by atoms with van der Waals surface area (Å²) in [6.07, 6.45) is 1.34. The summed E-state index contributed by atoms with van der Waals surface area (Å²) in [7, 11) is 1.61. The Morgan fingerprint density at radius 2 is 2.16 bits per heavy atom. The molecule has 19 heavy (non-hydrogen) atoms. The lowest BCUT2D eigenvalue weighted by atomic mass is 10.1. The standard InChI is InChI=1S/C14H17NO4/c1-10(11-5-3-4-6-12(11)17-2)15-14(16)13-9-18-7-8-19-13/h3-6,9-10H,7-8H2,1-2H3,(H,15,16). The molecule has 0 aliphatic carbocycles. The van der Waals surface area contributed by atoms with E-state index in [1.165, 1.54) is 6.26 Å². The topological polar surface area (TPSA) is 56.8 Å². The Bertz CT molecular complexity index is 484. The van der Waals surface area contributed by atoms with E-state index in [-0.39, 0.29) is 17.7 Å². The Hall–Kier alpha value is -2.17. The third kappa shape index (κ3) is 3.19. The highest BCUT2D eigenvalue weighted by molar-refractivity contribution is 5.91. The molecule has 1 aromatic carbocycles. The van der Waals surface area contributed by atoms with Gasteiger partial charge in [0.15, 0.2) is 0 Å². The van der Waals surface area contributed by atoms with Crippen molar-refractivity contribution in [2.45, 2.75) is 13.0 Å². The van der Waals surface area contributed by atoms with E-state index in [1.807, 2.05) is 31.2 Å². The number of benzene rings is 1. The van der Waals surface area contributed by atoms with Crippen LogP contribution in [0.25, 0.3) is 0 Å². The fraction of sp³-hybridized carbons (Fsp3) is 0.357. The molecule has 1 N–H and O–H groups in total. The van der Waals surface area contributed by atoms with Crippen molar-refractivity contribution in [2.75, 3.05) is 20.3 Å². The number of nitrogens with one attached hydrogen (secondary N) is 1. The lowest BCUT2D eigenvalue weighted by Crippen LogP contribution is -2.30. The number of rotatable bonds is 4. The summed E-state index contributed by atoms with van der Waals surface area (Å²) in [6.45, 7) is 2.75. The maximum Gasteiger partial charge on any atom is 0.290 e. The average Bonchev–Trinajstić information content (AvgIpc) is 2.48. The van der Waals surface area contributed by atoms with Gasteiger partial charge in [0.2, 0.25) is 5.76 Å². The van der Waals surface area contributed by atoms with Crippen LogP contribution in [0.2, 0.25) is 0 Å². The molecule has 1 aliphatic heterocycles. The summed E-state index contributed by atoms with van der Waals surface area (Å²) < 4.78 is 15.6. The largest absolute Gasteiger partial charge is 0.496 e. The molecule has 0 saturated heterocycles.